The third-order valence-corrected chi connectivity index (χ3v) is 4.15. The highest BCUT2D eigenvalue weighted by Gasteiger charge is 2.12. The maximum absolute atomic E-state index is 5.13. The summed E-state index contributed by atoms with van der Waals surface area (Å²) >= 11 is 1.82. The first kappa shape index (κ1) is 14.1. The van der Waals surface area contributed by atoms with E-state index in [1.165, 1.54) is 9.75 Å². The Morgan fingerprint density at radius 2 is 2.21 bits per heavy atom. The normalized spacial score (nSPS) is 12.6. The number of hydrogen-bond donors (Lipinski definition) is 1. The minimum absolute atomic E-state index is 0.266. The number of nitrogens with zero attached hydrogens (tertiary/aromatic N) is 2. The zero-order valence-corrected chi connectivity index (χ0v) is 12.8. The van der Waals surface area contributed by atoms with E-state index in [2.05, 4.69) is 40.8 Å². The molecule has 0 saturated heterocycles. The highest BCUT2D eigenvalue weighted by molar-refractivity contribution is 7.12. The molecule has 2 aromatic rings. The van der Waals surface area contributed by atoms with Crippen molar-refractivity contribution in [3.8, 4) is 0 Å². The van der Waals surface area contributed by atoms with Crippen LogP contribution in [0, 0.1) is 13.8 Å². The molecule has 19 heavy (non-hydrogen) atoms. The summed E-state index contributed by atoms with van der Waals surface area (Å²) in [4.78, 5) is 7.20. The van der Waals surface area contributed by atoms with Crippen LogP contribution in [0.4, 0.5) is 5.95 Å². The van der Waals surface area contributed by atoms with Gasteiger partial charge in [0.15, 0.2) is 0 Å². The molecule has 0 aliphatic heterocycles. The maximum atomic E-state index is 5.13. The van der Waals surface area contributed by atoms with E-state index >= 15 is 0 Å². The van der Waals surface area contributed by atoms with Crippen molar-refractivity contribution in [1.82, 2.24) is 9.55 Å². The van der Waals surface area contributed by atoms with E-state index in [0.29, 0.717) is 6.61 Å². The number of thiophene rings is 1. The summed E-state index contributed by atoms with van der Waals surface area (Å²) in [6.07, 6.45) is 2.05. The summed E-state index contributed by atoms with van der Waals surface area (Å²) in [6, 6.07) is 4.59. The Morgan fingerprint density at radius 1 is 1.42 bits per heavy atom. The van der Waals surface area contributed by atoms with Gasteiger partial charge in [-0.05, 0) is 32.9 Å². The lowest BCUT2D eigenvalue weighted by atomic mass is 10.3. The van der Waals surface area contributed by atoms with Crippen molar-refractivity contribution in [3.05, 3.63) is 33.8 Å². The van der Waals surface area contributed by atoms with Crippen LogP contribution in [0.3, 0.4) is 0 Å². The van der Waals surface area contributed by atoms with E-state index in [1.807, 2.05) is 24.5 Å². The Morgan fingerprint density at radius 3 is 2.84 bits per heavy atom. The smallest absolute Gasteiger partial charge is 0.203 e. The Balaban J connectivity index is 2.09. The molecule has 0 amide bonds. The van der Waals surface area contributed by atoms with Gasteiger partial charge in [-0.25, -0.2) is 4.98 Å². The van der Waals surface area contributed by atoms with Gasteiger partial charge in [-0.15, -0.1) is 11.3 Å². The van der Waals surface area contributed by atoms with Crippen LogP contribution in [0.2, 0.25) is 0 Å². The summed E-state index contributed by atoms with van der Waals surface area (Å²) in [6.45, 7) is 7.81. The molecule has 0 fully saturated rings. The number of nitrogens with one attached hydrogen (secondary N) is 1. The highest BCUT2D eigenvalue weighted by atomic mass is 32.1. The van der Waals surface area contributed by atoms with Gasteiger partial charge in [-0.1, -0.05) is 0 Å². The van der Waals surface area contributed by atoms with Crippen LogP contribution >= 0.6 is 11.3 Å². The Bertz CT molecular complexity index is 533. The molecule has 1 N–H and O–H groups in total. The van der Waals surface area contributed by atoms with Gasteiger partial charge in [0.1, 0.15) is 0 Å². The van der Waals surface area contributed by atoms with Crippen molar-refractivity contribution in [3.63, 3.8) is 0 Å². The monoisotopic (exact) mass is 279 g/mol. The molecular weight excluding hydrogens is 258 g/mol. The van der Waals surface area contributed by atoms with E-state index < -0.39 is 0 Å². The lowest BCUT2D eigenvalue weighted by molar-refractivity contribution is 0.187. The first-order valence-corrected chi connectivity index (χ1v) is 7.27. The van der Waals surface area contributed by atoms with Gasteiger partial charge in [0.2, 0.25) is 5.95 Å². The molecule has 2 aromatic heterocycles. The molecule has 0 aliphatic rings. The molecule has 2 heterocycles. The molecule has 0 spiro atoms. The fraction of sp³-hybridized carbons (Fsp3) is 0.500. The second kappa shape index (κ2) is 6.21. The number of imidazole rings is 1. The predicted octanol–water partition coefficient (Wildman–Crippen LogP) is 3.38. The quantitative estimate of drug-likeness (QED) is 0.881. The lowest BCUT2D eigenvalue weighted by Crippen LogP contribution is -2.12. The SMILES string of the molecule is COCCn1cc(C)nc1NC(C)c1ccc(C)s1. The Labute approximate surface area is 118 Å². The lowest BCUT2D eigenvalue weighted by Gasteiger charge is -2.14. The van der Waals surface area contributed by atoms with Gasteiger partial charge in [0.25, 0.3) is 0 Å². The number of hydrogen-bond acceptors (Lipinski definition) is 4. The summed E-state index contributed by atoms with van der Waals surface area (Å²) in [5, 5.41) is 3.48. The van der Waals surface area contributed by atoms with Gasteiger partial charge >= 0.3 is 0 Å². The first-order chi connectivity index (χ1) is 9.10. The van der Waals surface area contributed by atoms with E-state index in [1.54, 1.807) is 7.11 Å². The fourth-order valence-electron chi connectivity index (χ4n) is 1.97. The number of ether oxygens (including phenoxy) is 1. The average Bonchev–Trinajstić information content (AvgIpc) is 2.93. The summed E-state index contributed by atoms with van der Waals surface area (Å²) in [5.74, 6) is 0.910. The maximum Gasteiger partial charge on any atom is 0.203 e. The van der Waals surface area contributed by atoms with Crippen molar-refractivity contribution in [2.24, 2.45) is 0 Å². The van der Waals surface area contributed by atoms with E-state index in [0.717, 1.165) is 18.2 Å². The van der Waals surface area contributed by atoms with Crippen LogP contribution < -0.4 is 5.32 Å². The predicted molar refractivity (Wildman–Crippen MR) is 79.9 cm³/mol. The molecule has 4 nitrogen and oxygen atoms in total. The zero-order chi connectivity index (χ0) is 13.8. The van der Waals surface area contributed by atoms with Gasteiger partial charge in [0.05, 0.1) is 18.3 Å². The van der Waals surface area contributed by atoms with Crippen LogP contribution in [0.25, 0.3) is 0 Å². The van der Waals surface area contributed by atoms with Gasteiger partial charge < -0.3 is 14.6 Å². The van der Waals surface area contributed by atoms with Gasteiger partial charge in [-0.3, -0.25) is 0 Å². The molecular formula is C14H21N3OS. The number of aromatic nitrogens is 2. The topological polar surface area (TPSA) is 39.1 Å². The van der Waals surface area contributed by atoms with Crippen molar-refractivity contribution < 1.29 is 4.74 Å². The number of aryl methyl sites for hydroxylation is 2. The molecule has 104 valence electrons. The average molecular weight is 279 g/mol. The fourth-order valence-corrected chi connectivity index (χ4v) is 2.85. The molecule has 0 saturated carbocycles. The largest absolute Gasteiger partial charge is 0.383 e. The number of rotatable bonds is 6. The number of anilines is 1. The van der Waals surface area contributed by atoms with Crippen LogP contribution in [0.15, 0.2) is 18.3 Å². The molecule has 0 aromatic carbocycles. The minimum atomic E-state index is 0.266. The second-order valence-corrected chi connectivity index (χ2v) is 6.03. The zero-order valence-electron chi connectivity index (χ0n) is 11.9. The van der Waals surface area contributed by atoms with Crippen molar-refractivity contribution in [1.29, 1.82) is 0 Å². The molecule has 1 atom stereocenters. The Hall–Kier alpha value is -1.33. The van der Waals surface area contributed by atoms with E-state index in [9.17, 15) is 0 Å². The van der Waals surface area contributed by atoms with Crippen LogP contribution in [-0.4, -0.2) is 23.3 Å². The molecule has 2 rings (SSSR count). The third kappa shape index (κ3) is 3.58. The van der Waals surface area contributed by atoms with Crippen molar-refractivity contribution >= 4 is 17.3 Å². The molecule has 0 bridgehead atoms. The van der Waals surface area contributed by atoms with E-state index in [4.69, 9.17) is 4.74 Å². The first-order valence-electron chi connectivity index (χ1n) is 6.45. The van der Waals surface area contributed by atoms with Crippen molar-refractivity contribution in [2.75, 3.05) is 19.0 Å². The standard InChI is InChI=1S/C14H21N3OS/c1-10-9-17(7-8-18-4)14(15-10)16-12(3)13-6-5-11(2)19-13/h5-6,9,12H,7-8H2,1-4H3,(H,15,16). The molecule has 1 unspecified atom stereocenters. The van der Waals surface area contributed by atoms with Gasteiger partial charge in [0, 0.05) is 29.6 Å². The van der Waals surface area contributed by atoms with Crippen LogP contribution in [0.1, 0.15) is 28.4 Å². The summed E-state index contributed by atoms with van der Waals surface area (Å²) in [5.41, 5.74) is 1.02. The number of methoxy groups -OCH3 is 1. The Kier molecular flexibility index (Phi) is 4.61. The summed E-state index contributed by atoms with van der Waals surface area (Å²) in [7, 11) is 1.72. The van der Waals surface area contributed by atoms with Crippen LogP contribution in [0.5, 0.6) is 0 Å². The molecule has 0 radical (unpaired) electrons. The molecule has 5 heteroatoms. The minimum Gasteiger partial charge on any atom is -0.383 e. The highest BCUT2D eigenvalue weighted by Crippen LogP contribution is 2.25. The van der Waals surface area contributed by atoms with Crippen LogP contribution in [-0.2, 0) is 11.3 Å². The summed E-state index contributed by atoms with van der Waals surface area (Å²) < 4.78 is 7.24. The van der Waals surface area contributed by atoms with Gasteiger partial charge in [-0.2, -0.15) is 0 Å². The third-order valence-electron chi connectivity index (χ3n) is 2.97. The van der Waals surface area contributed by atoms with E-state index in [-0.39, 0.29) is 6.04 Å². The van der Waals surface area contributed by atoms with Crippen molar-refractivity contribution in [2.45, 2.75) is 33.4 Å². The second-order valence-electron chi connectivity index (χ2n) is 4.71. The molecule has 0 aliphatic carbocycles.